The first kappa shape index (κ1) is 13.8. The molecule has 0 N–H and O–H groups in total. The van der Waals surface area contributed by atoms with E-state index in [4.69, 9.17) is 0 Å². The van der Waals surface area contributed by atoms with Crippen molar-refractivity contribution in [2.24, 2.45) is 7.05 Å². The van der Waals surface area contributed by atoms with Gasteiger partial charge in [-0.2, -0.15) is 5.10 Å². The number of rotatable bonds is 2. The summed E-state index contributed by atoms with van der Waals surface area (Å²) in [4.78, 5) is 14.4. The Balaban J connectivity index is 1.87. The van der Waals surface area contributed by atoms with E-state index in [0.717, 1.165) is 31.5 Å². The third-order valence-electron chi connectivity index (χ3n) is 3.88. The van der Waals surface area contributed by atoms with Crippen LogP contribution in [-0.4, -0.2) is 33.7 Å². The van der Waals surface area contributed by atoms with Crippen LogP contribution in [0.15, 0.2) is 30.3 Å². The zero-order chi connectivity index (χ0) is 14.8. The fourth-order valence-corrected chi connectivity index (χ4v) is 2.69. The van der Waals surface area contributed by atoms with Gasteiger partial charge in [0.25, 0.3) is 5.91 Å². The summed E-state index contributed by atoms with van der Waals surface area (Å²) in [6.07, 6.45) is 3.32. The largest absolute Gasteiger partial charge is 0.337 e. The molecule has 1 aliphatic heterocycles. The summed E-state index contributed by atoms with van der Waals surface area (Å²) in [6.45, 7) is 1.63. The fourth-order valence-electron chi connectivity index (χ4n) is 2.69. The maximum Gasteiger partial charge on any atom is 0.272 e. The second-order valence-corrected chi connectivity index (χ2v) is 5.40. The minimum atomic E-state index is -0.278. The maximum absolute atomic E-state index is 13.0. The number of amides is 1. The number of carbonyl (C=O) groups excluding carboxylic acids is 1. The third-order valence-corrected chi connectivity index (χ3v) is 3.88. The van der Waals surface area contributed by atoms with Gasteiger partial charge in [0.1, 0.15) is 11.5 Å². The Morgan fingerprint density at radius 1 is 1.14 bits per heavy atom. The van der Waals surface area contributed by atoms with Crippen molar-refractivity contribution < 1.29 is 9.18 Å². The van der Waals surface area contributed by atoms with Crippen LogP contribution in [0.4, 0.5) is 4.39 Å². The lowest BCUT2D eigenvalue weighted by Crippen LogP contribution is -2.36. The lowest BCUT2D eigenvalue weighted by Gasteiger charge is -2.26. The summed E-state index contributed by atoms with van der Waals surface area (Å²) in [6, 6.07) is 7.93. The summed E-state index contributed by atoms with van der Waals surface area (Å²) in [5.41, 5.74) is 2.08. The van der Waals surface area contributed by atoms with E-state index in [2.05, 4.69) is 5.10 Å². The Bertz CT molecular complexity index is 642. The summed E-state index contributed by atoms with van der Waals surface area (Å²) in [5, 5.41) is 4.37. The molecular formula is C16H18FN3O. The van der Waals surface area contributed by atoms with Gasteiger partial charge < -0.3 is 4.90 Å². The molecule has 0 bridgehead atoms. The molecule has 2 heterocycles. The van der Waals surface area contributed by atoms with Crippen LogP contribution in [0.25, 0.3) is 11.3 Å². The highest BCUT2D eigenvalue weighted by Gasteiger charge is 2.22. The lowest BCUT2D eigenvalue weighted by molar-refractivity contribution is 0.0713. The van der Waals surface area contributed by atoms with Gasteiger partial charge in [-0.15, -0.1) is 0 Å². The van der Waals surface area contributed by atoms with E-state index >= 15 is 0 Å². The number of nitrogens with zero attached hydrogens (tertiary/aromatic N) is 3. The summed E-state index contributed by atoms with van der Waals surface area (Å²) in [7, 11) is 1.77. The molecule has 2 aromatic rings. The van der Waals surface area contributed by atoms with Crippen LogP contribution in [0.3, 0.4) is 0 Å². The third kappa shape index (κ3) is 2.82. The molecule has 21 heavy (non-hydrogen) atoms. The molecular weight excluding hydrogens is 269 g/mol. The Kier molecular flexibility index (Phi) is 3.73. The first-order valence-corrected chi connectivity index (χ1v) is 7.24. The molecule has 0 radical (unpaired) electrons. The number of hydrogen-bond donors (Lipinski definition) is 0. The van der Waals surface area contributed by atoms with E-state index in [1.165, 1.54) is 18.6 Å². The van der Waals surface area contributed by atoms with Crippen LogP contribution < -0.4 is 0 Å². The smallest absolute Gasteiger partial charge is 0.272 e. The maximum atomic E-state index is 13.0. The number of aromatic nitrogens is 2. The molecule has 0 atom stereocenters. The molecule has 4 nitrogen and oxygen atoms in total. The van der Waals surface area contributed by atoms with Crippen LogP contribution in [0.5, 0.6) is 0 Å². The molecule has 0 aliphatic carbocycles. The number of benzene rings is 1. The number of hydrogen-bond acceptors (Lipinski definition) is 2. The van der Waals surface area contributed by atoms with Crippen LogP contribution in [-0.2, 0) is 7.05 Å². The molecule has 1 fully saturated rings. The topological polar surface area (TPSA) is 38.1 Å². The van der Waals surface area contributed by atoms with Crippen molar-refractivity contribution in [1.29, 1.82) is 0 Å². The fraction of sp³-hybridized carbons (Fsp3) is 0.375. The molecule has 1 aliphatic rings. The number of piperidine rings is 1. The van der Waals surface area contributed by atoms with Gasteiger partial charge in [-0.05, 0) is 49.6 Å². The van der Waals surface area contributed by atoms with Crippen molar-refractivity contribution in [3.8, 4) is 11.3 Å². The quantitative estimate of drug-likeness (QED) is 0.852. The number of halogens is 1. The van der Waals surface area contributed by atoms with Gasteiger partial charge in [0.05, 0.1) is 5.69 Å². The molecule has 1 aromatic carbocycles. The predicted molar refractivity (Wildman–Crippen MR) is 78.4 cm³/mol. The van der Waals surface area contributed by atoms with E-state index in [9.17, 15) is 9.18 Å². The standard InChI is InChI=1S/C16H18FN3O/c1-19-15(16(21)20-9-3-2-4-10-20)11-14(18-19)12-5-7-13(17)8-6-12/h5-8,11H,2-4,9-10H2,1H3. The van der Waals surface area contributed by atoms with Gasteiger partial charge in [0, 0.05) is 25.7 Å². The van der Waals surface area contributed by atoms with E-state index < -0.39 is 0 Å². The summed E-state index contributed by atoms with van der Waals surface area (Å²) >= 11 is 0. The van der Waals surface area contributed by atoms with E-state index in [1.807, 2.05) is 4.90 Å². The van der Waals surface area contributed by atoms with E-state index in [0.29, 0.717) is 11.4 Å². The van der Waals surface area contributed by atoms with Crippen LogP contribution >= 0.6 is 0 Å². The van der Waals surface area contributed by atoms with Crippen LogP contribution in [0.1, 0.15) is 29.8 Å². The van der Waals surface area contributed by atoms with Gasteiger partial charge in [0.15, 0.2) is 0 Å². The summed E-state index contributed by atoms with van der Waals surface area (Å²) in [5.74, 6) is -0.252. The highest BCUT2D eigenvalue weighted by atomic mass is 19.1. The van der Waals surface area contributed by atoms with Crippen molar-refractivity contribution in [2.75, 3.05) is 13.1 Å². The zero-order valence-corrected chi connectivity index (χ0v) is 12.1. The Labute approximate surface area is 123 Å². The van der Waals surface area contributed by atoms with Crippen LogP contribution in [0.2, 0.25) is 0 Å². The van der Waals surface area contributed by atoms with Gasteiger partial charge in [-0.25, -0.2) is 4.39 Å². The number of aryl methyl sites for hydroxylation is 1. The first-order chi connectivity index (χ1) is 10.1. The molecule has 1 amide bonds. The van der Waals surface area contributed by atoms with E-state index in [-0.39, 0.29) is 11.7 Å². The first-order valence-electron chi connectivity index (χ1n) is 7.24. The average molecular weight is 287 g/mol. The second-order valence-electron chi connectivity index (χ2n) is 5.40. The number of carbonyl (C=O) groups is 1. The SMILES string of the molecule is Cn1nc(-c2ccc(F)cc2)cc1C(=O)N1CCCCC1. The predicted octanol–water partition coefficient (Wildman–Crippen LogP) is 2.85. The lowest BCUT2D eigenvalue weighted by atomic mass is 10.1. The van der Waals surface area contributed by atoms with Gasteiger partial charge >= 0.3 is 0 Å². The molecule has 1 aromatic heterocycles. The van der Waals surface area contributed by atoms with Gasteiger partial charge in [0.2, 0.25) is 0 Å². The van der Waals surface area contributed by atoms with Gasteiger partial charge in [-0.1, -0.05) is 0 Å². The van der Waals surface area contributed by atoms with Crippen molar-refractivity contribution in [1.82, 2.24) is 14.7 Å². The Morgan fingerprint density at radius 2 is 1.81 bits per heavy atom. The molecule has 0 spiro atoms. The average Bonchev–Trinajstić information content (AvgIpc) is 2.90. The zero-order valence-electron chi connectivity index (χ0n) is 12.1. The molecule has 3 rings (SSSR count). The van der Waals surface area contributed by atoms with Gasteiger partial charge in [-0.3, -0.25) is 9.48 Å². The Hall–Kier alpha value is -2.17. The minimum absolute atomic E-state index is 0.0260. The molecule has 0 unspecified atom stereocenters. The normalized spacial score (nSPS) is 15.2. The highest BCUT2D eigenvalue weighted by Crippen LogP contribution is 2.21. The molecule has 0 saturated carbocycles. The van der Waals surface area contributed by atoms with Crippen molar-refractivity contribution in [3.63, 3.8) is 0 Å². The van der Waals surface area contributed by atoms with E-state index in [1.54, 1.807) is 29.9 Å². The van der Waals surface area contributed by atoms with Crippen molar-refractivity contribution in [2.45, 2.75) is 19.3 Å². The second kappa shape index (κ2) is 5.68. The minimum Gasteiger partial charge on any atom is -0.337 e. The van der Waals surface area contributed by atoms with Crippen molar-refractivity contribution >= 4 is 5.91 Å². The monoisotopic (exact) mass is 287 g/mol. The van der Waals surface area contributed by atoms with Crippen molar-refractivity contribution in [3.05, 3.63) is 41.8 Å². The summed E-state index contributed by atoms with van der Waals surface area (Å²) < 4.78 is 14.6. The molecule has 110 valence electrons. The molecule has 5 heteroatoms. The molecule has 1 saturated heterocycles. The Morgan fingerprint density at radius 3 is 2.48 bits per heavy atom. The van der Waals surface area contributed by atoms with Crippen LogP contribution in [0, 0.1) is 5.82 Å². The highest BCUT2D eigenvalue weighted by molar-refractivity contribution is 5.93. The number of likely N-dealkylation sites (tertiary alicyclic amines) is 1.